The van der Waals surface area contributed by atoms with Crippen LogP contribution in [0.2, 0.25) is 0 Å². The van der Waals surface area contributed by atoms with Crippen LogP contribution in [-0.2, 0) is 4.79 Å². The molecule has 0 rings (SSSR count). The number of carbonyl (C=O) groups is 1. The molecule has 0 aliphatic heterocycles. The van der Waals surface area contributed by atoms with E-state index in [2.05, 4.69) is 0 Å². The summed E-state index contributed by atoms with van der Waals surface area (Å²) >= 11 is 0.536. The molecule has 0 aromatic heterocycles. The van der Waals surface area contributed by atoms with Gasteiger partial charge in [0.1, 0.15) is 3.42 Å². The Morgan fingerprint density at radius 2 is 1.04 bits per heavy atom. The number of carboxylic acids is 1. The Labute approximate surface area is 148 Å². The first-order chi connectivity index (χ1) is 10.9. The van der Waals surface area contributed by atoms with Crippen molar-refractivity contribution < 1.29 is 67.0 Å². The normalized spacial score (nSPS) is 17.8. The Hall–Kier alpha value is -0.710. The van der Waals surface area contributed by atoms with Crippen molar-refractivity contribution in [2.75, 3.05) is 0 Å². The zero-order valence-corrected chi connectivity index (χ0v) is 14.0. The summed E-state index contributed by atoms with van der Waals surface area (Å²) in [6, 6.07) is 0. The third kappa shape index (κ3) is 3.65. The highest BCUT2D eigenvalue weighted by Crippen LogP contribution is 2.61. The van der Waals surface area contributed by atoms with Gasteiger partial charge in [-0.25, -0.2) is 0 Å². The summed E-state index contributed by atoms with van der Waals surface area (Å²) < 4.78 is 163. The van der Waals surface area contributed by atoms with Gasteiger partial charge in [-0.15, -0.1) is 0 Å². The highest BCUT2D eigenvalue weighted by atomic mass is 127. The van der Waals surface area contributed by atoms with Crippen LogP contribution in [0.1, 0.15) is 13.3 Å². The summed E-state index contributed by atoms with van der Waals surface area (Å²) in [5.74, 6) is -39.9. The van der Waals surface area contributed by atoms with E-state index in [4.69, 9.17) is 5.11 Å². The summed E-state index contributed by atoms with van der Waals surface area (Å²) in [5.41, 5.74) is 0. The van der Waals surface area contributed by atoms with Gasteiger partial charge in [0.15, 0.2) is 0 Å². The number of aliphatic carboxylic acids is 1. The number of hydrogen-bond acceptors (Lipinski definition) is 1. The number of alkyl halides is 14. The topological polar surface area (TPSA) is 37.3 Å². The average molecular weight is 532 g/mol. The van der Waals surface area contributed by atoms with E-state index in [1.54, 1.807) is 0 Å². The molecule has 16 heteroatoms. The summed E-state index contributed by atoms with van der Waals surface area (Å²) in [6.07, 6.45) is -10.3. The van der Waals surface area contributed by atoms with E-state index in [1.807, 2.05) is 0 Å². The monoisotopic (exact) mass is 532 g/mol. The number of halogens is 14. The van der Waals surface area contributed by atoms with Gasteiger partial charge in [-0.2, -0.15) is 57.1 Å². The van der Waals surface area contributed by atoms with E-state index in [9.17, 15) is 61.9 Å². The van der Waals surface area contributed by atoms with Crippen LogP contribution >= 0.6 is 22.6 Å². The SMILES string of the molecule is CC(I)(CC(F)(F)C(F)(F)C(F)(F)C(F)(F)C(F)(F)C(F)(F)F)C(=O)O. The number of hydrogen-bond donors (Lipinski definition) is 1. The molecule has 26 heavy (non-hydrogen) atoms. The molecule has 0 saturated heterocycles. The Balaban J connectivity index is 6.29. The zero-order chi connectivity index (χ0) is 21.8. The largest absolute Gasteiger partial charge is 0.480 e. The van der Waals surface area contributed by atoms with Gasteiger partial charge in [0.2, 0.25) is 0 Å². The van der Waals surface area contributed by atoms with Crippen LogP contribution < -0.4 is 0 Å². The molecule has 0 aromatic rings. The molecule has 156 valence electrons. The molecule has 1 N–H and O–H groups in total. The van der Waals surface area contributed by atoms with Crippen molar-refractivity contribution in [2.24, 2.45) is 0 Å². The third-order valence-corrected chi connectivity index (χ3v) is 3.84. The minimum atomic E-state index is -7.99. The minimum absolute atomic E-state index is 0.264. The first kappa shape index (κ1) is 25.3. The van der Waals surface area contributed by atoms with Gasteiger partial charge in [-0.05, 0) is 6.92 Å². The first-order valence-corrected chi connectivity index (χ1v) is 6.86. The quantitative estimate of drug-likeness (QED) is 0.271. The smallest absolute Gasteiger partial charge is 0.460 e. The van der Waals surface area contributed by atoms with E-state index in [0.717, 1.165) is 0 Å². The van der Waals surface area contributed by atoms with Crippen molar-refractivity contribution in [3.8, 4) is 0 Å². The van der Waals surface area contributed by atoms with Gasteiger partial charge in [-0.1, -0.05) is 22.6 Å². The summed E-state index contributed by atoms with van der Waals surface area (Å²) in [5, 5.41) is 8.48. The molecule has 0 aromatic carbocycles. The first-order valence-electron chi connectivity index (χ1n) is 5.78. The van der Waals surface area contributed by atoms with Crippen molar-refractivity contribution in [1.29, 1.82) is 0 Å². The Kier molecular flexibility index (Phi) is 6.25. The van der Waals surface area contributed by atoms with Gasteiger partial charge < -0.3 is 5.11 Å². The Bertz CT molecular complexity index is 552. The lowest BCUT2D eigenvalue weighted by Gasteiger charge is -2.40. The van der Waals surface area contributed by atoms with Crippen LogP contribution in [0.4, 0.5) is 57.1 Å². The minimum Gasteiger partial charge on any atom is -0.480 e. The molecule has 0 amide bonds. The van der Waals surface area contributed by atoms with E-state index < -0.39 is 51.6 Å². The van der Waals surface area contributed by atoms with E-state index in [-0.39, 0.29) is 6.92 Å². The molecule has 1 atom stereocenters. The molecule has 0 fully saturated rings. The second-order valence-corrected chi connectivity index (χ2v) is 7.56. The summed E-state index contributed by atoms with van der Waals surface area (Å²) in [6.45, 7) is 0.264. The summed E-state index contributed by atoms with van der Waals surface area (Å²) in [7, 11) is 0. The van der Waals surface area contributed by atoms with E-state index in [0.29, 0.717) is 22.6 Å². The average Bonchev–Trinajstić information content (AvgIpc) is 2.34. The van der Waals surface area contributed by atoms with Crippen molar-refractivity contribution in [3.05, 3.63) is 0 Å². The lowest BCUT2D eigenvalue weighted by Crippen LogP contribution is -2.70. The predicted molar refractivity (Wildman–Crippen MR) is 65.5 cm³/mol. The van der Waals surface area contributed by atoms with Crippen LogP contribution in [0.25, 0.3) is 0 Å². The molecule has 0 bridgehead atoms. The van der Waals surface area contributed by atoms with Crippen molar-refractivity contribution >= 4 is 28.6 Å². The second kappa shape index (κ2) is 6.42. The molecule has 0 spiro atoms. The van der Waals surface area contributed by atoms with Gasteiger partial charge in [0, 0.05) is 6.42 Å². The summed E-state index contributed by atoms with van der Waals surface area (Å²) in [4.78, 5) is 10.6. The van der Waals surface area contributed by atoms with Crippen LogP contribution in [0.5, 0.6) is 0 Å². The van der Waals surface area contributed by atoms with Crippen LogP contribution in [0.15, 0.2) is 0 Å². The lowest BCUT2D eigenvalue weighted by molar-refractivity contribution is -0.440. The van der Waals surface area contributed by atoms with E-state index in [1.165, 1.54) is 0 Å². The molecular formula is C10H6F13IO2. The standard InChI is InChI=1S/C10H6F13IO2/c1-4(24,3(25)26)2-5(11,12)6(13,14)7(15,16)8(17,18)9(19,20)10(21,22)23/h2H2,1H3,(H,25,26). The Morgan fingerprint density at radius 1 is 0.731 bits per heavy atom. The highest BCUT2D eigenvalue weighted by molar-refractivity contribution is 14.1. The number of carboxylic acid groups (broad SMARTS) is 1. The third-order valence-electron chi connectivity index (χ3n) is 3.00. The van der Waals surface area contributed by atoms with E-state index >= 15 is 0 Å². The fourth-order valence-corrected chi connectivity index (χ4v) is 1.88. The molecule has 0 radical (unpaired) electrons. The zero-order valence-electron chi connectivity index (χ0n) is 11.9. The predicted octanol–water partition coefficient (Wildman–Crippen LogP) is 5.39. The van der Waals surface area contributed by atoms with Crippen LogP contribution in [0.3, 0.4) is 0 Å². The van der Waals surface area contributed by atoms with Gasteiger partial charge in [-0.3, -0.25) is 4.79 Å². The van der Waals surface area contributed by atoms with Crippen LogP contribution in [-0.4, -0.2) is 50.3 Å². The lowest BCUT2D eigenvalue weighted by atomic mass is 9.89. The van der Waals surface area contributed by atoms with Gasteiger partial charge >= 0.3 is 41.8 Å². The molecule has 0 aliphatic rings. The maximum Gasteiger partial charge on any atom is 0.460 e. The molecule has 0 saturated carbocycles. The second-order valence-electron chi connectivity index (χ2n) is 5.18. The van der Waals surface area contributed by atoms with Crippen LogP contribution in [0, 0.1) is 0 Å². The molecule has 0 aliphatic carbocycles. The number of rotatable bonds is 7. The maximum atomic E-state index is 13.4. The Morgan fingerprint density at radius 3 is 1.31 bits per heavy atom. The molecule has 0 heterocycles. The van der Waals surface area contributed by atoms with Crippen molar-refractivity contribution in [3.63, 3.8) is 0 Å². The maximum absolute atomic E-state index is 13.4. The van der Waals surface area contributed by atoms with Crippen molar-refractivity contribution in [1.82, 2.24) is 0 Å². The highest BCUT2D eigenvalue weighted by Gasteiger charge is 2.90. The molecular weight excluding hydrogens is 526 g/mol. The van der Waals surface area contributed by atoms with Crippen molar-refractivity contribution in [2.45, 2.75) is 52.6 Å². The van der Waals surface area contributed by atoms with Gasteiger partial charge in [0.05, 0.1) is 0 Å². The fourth-order valence-electron chi connectivity index (χ4n) is 1.41. The molecule has 1 unspecified atom stereocenters. The fraction of sp³-hybridized carbons (Fsp3) is 0.900. The molecule has 2 nitrogen and oxygen atoms in total. The van der Waals surface area contributed by atoms with Gasteiger partial charge in [0.25, 0.3) is 0 Å².